The van der Waals surface area contributed by atoms with Crippen LogP contribution in [0.4, 0.5) is 0 Å². The normalized spacial score (nSPS) is 30.8. The Morgan fingerprint density at radius 2 is 2.41 bits per heavy atom. The maximum atomic E-state index is 4.16. The average molecular weight is 251 g/mol. The van der Waals surface area contributed by atoms with Crippen LogP contribution in [0.25, 0.3) is 0 Å². The lowest BCUT2D eigenvalue weighted by molar-refractivity contribution is 0.146. The Balaban J connectivity index is 1.55. The molecule has 0 amide bonds. The van der Waals surface area contributed by atoms with E-state index in [1.807, 2.05) is 11.7 Å². The number of thiazole rings is 1. The van der Waals surface area contributed by atoms with Gasteiger partial charge < -0.3 is 5.32 Å². The van der Waals surface area contributed by atoms with Crippen molar-refractivity contribution in [2.45, 2.75) is 38.3 Å². The zero-order valence-corrected chi connectivity index (χ0v) is 11.1. The second-order valence-corrected chi connectivity index (χ2v) is 6.28. The largest absolute Gasteiger partial charge is 0.314 e. The van der Waals surface area contributed by atoms with Crippen LogP contribution < -0.4 is 5.32 Å². The molecular formula is C13H21N3S. The van der Waals surface area contributed by atoms with Crippen molar-refractivity contribution in [2.24, 2.45) is 5.92 Å². The van der Waals surface area contributed by atoms with E-state index in [1.54, 1.807) is 11.3 Å². The van der Waals surface area contributed by atoms with Crippen LogP contribution in [0.2, 0.25) is 0 Å². The lowest BCUT2D eigenvalue weighted by atomic mass is 9.90. The molecule has 0 aromatic carbocycles. The molecule has 3 rings (SSSR count). The maximum absolute atomic E-state index is 4.16. The first kappa shape index (κ1) is 11.6. The molecule has 2 saturated heterocycles. The van der Waals surface area contributed by atoms with Gasteiger partial charge in [0.25, 0.3) is 0 Å². The van der Waals surface area contributed by atoms with Gasteiger partial charge in [-0.05, 0) is 44.7 Å². The van der Waals surface area contributed by atoms with Gasteiger partial charge in [0.1, 0.15) is 0 Å². The van der Waals surface area contributed by atoms with E-state index in [-0.39, 0.29) is 0 Å². The summed E-state index contributed by atoms with van der Waals surface area (Å²) in [6.07, 6.45) is 7.55. The van der Waals surface area contributed by atoms with Gasteiger partial charge in [-0.15, -0.1) is 11.3 Å². The highest BCUT2D eigenvalue weighted by atomic mass is 32.1. The van der Waals surface area contributed by atoms with Gasteiger partial charge >= 0.3 is 0 Å². The fourth-order valence-corrected chi connectivity index (χ4v) is 3.85. The summed E-state index contributed by atoms with van der Waals surface area (Å²) in [5.74, 6) is 0.874. The lowest BCUT2D eigenvalue weighted by Gasteiger charge is -2.35. The third-order valence-corrected chi connectivity index (χ3v) is 4.84. The van der Waals surface area contributed by atoms with E-state index in [0.717, 1.165) is 18.5 Å². The molecule has 2 atom stereocenters. The van der Waals surface area contributed by atoms with Gasteiger partial charge in [0.2, 0.25) is 0 Å². The molecule has 1 aromatic rings. The van der Waals surface area contributed by atoms with Gasteiger partial charge in [0, 0.05) is 30.2 Å². The van der Waals surface area contributed by atoms with Crippen LogP contribution in [0.5, 0.6) is 0 Å². The van der Waals surface area contributed by atoms with Crippen LogP contribution in [0.15, 0.2) is 11.7 Å². The van der Waals surface area contributed by atoms with E-state index in [1.165, 1.54) is 50.2 Å². The second kappa shape index (κ2) is 5.46. The summed E-state index contributed by atoms with van der Waals surface area (Å²) in [4.78, 5) is 8.18. The predicted octanol–water partition coefficient (Wildman–Crippen LogP) is 2.11. The summed E-state index contributed by atoms with van der Waals surface area (Å²) < 4.78 is 0. The van der Waals surface area contributed by atoms with Crippen molar-refractivity contribution in [1.29, 1.82) is 0 Å². The molecular weight excluding hydrogens is 230 g/mol. The van der Waals surface area contributed by atoms with Gasteiger partial charge in [0.15, 0.2) is 0 Å². The first-order valence-corrected chi connectivity index (χ1v) is 7.63. The molecule has 2 aliphatic rings. The third-order valence-electron chi connectivity index (χ3n) is 4.07. The minimum atomic E-state index is 0.791. The van der Waals surface area contributed by atoms with Gasteiger partial charge in [0.05, 0.1) is 5.51 Å². The molecule has 2 aliphatic heterocycles. The zero-order valence-electron chi connectivity index (χ0n) is 10.3. The fourth-order valence-electron chi connectivity index (χ4n) is 3.22. The topological polar surface area (TPSA) is 28.2 Å². The fraction of sp³-hybridized carbons (Fsp3) is 0.769. The van der Waals surface area contributed by atoms with Crippen LogP contribution in [0, 0.1) is 5.92 Å². The zero-order chi connectivity index (χ0) is 11.5. The number of rotatable bonds is 3. The molecule has 1 N–H and O–H groups in total. The standard InChI is InChI=1S/C13H21N3S/c1-4-13(15-5-1)11-3-2-6-16(8-11)9-12-7-14-10-17-12/h7,10-11,13,15H,1-6,8-9H2. The van der Waals surface area contributed by atoms with E-state index in [0.29, 0.717) is 0 Å². The summed E-state index contributed by atoms with van der Waals surface area (Å²) in [6.45, 7) is 4.88. The van der Waals surface area contributed by atoms with Gasteiger partial charge in [-0.1, -0.05) is 0 Å². The summed E-state index contributed by atoms with van der Waals surface area (Å²) in [5.41, 5.74) is 1.94. The van der Waals surface area contributed by atoms with E-state index in [2.05, 4.69) is 15.2 Å². The highest BCUT2D eigenvalue weighted by Crippen LogP contribution is 2.25. The molecule has 1 aromatic heterocycles. The number of hydrogen-bond acceptors (Lipinski definition) is 4. The molecule has 2 unspecified atom stereocenters. The molecule has 0 spiro atoms. The Kier molecular flexibility index (Phi) is 3.74. The van der Waals surface area contributed by atoms with Crippen molar-refractivity contribution < 1.29 is 0 Å². The number of aromatic nitrogens is 1. The average Bonchev–Trinajstić information content (AvgIpc) is 3.01. The van der Waals surface area contributed by atoms with Gasteiger partial charge in [-0.25, -0.2) is 0 Å². The van der Waals surface area contributed by atoms with Crippen LogP contribution in [-0.4, -0.2) is 35.6 Å². The first-order valence-electron chi connectivity index (χ1n) is 6.75. The smallest absolute Gasteiger partial charge is 0.0794 e. The molecule has 4 heteroatoms. The summed E-state index contributed by atoms with van der Waals surface area (Å²) >= 11 is 1.78. The predicted molar refractivity (Wildman–Crippen MR) is 71.1 cm³/mol. The van der Waals surface area contributed by atoms with Crippen LogP contribution in [-0.2, 0) is 6.54 Å². The summed E-state index contributed by atoms with van der Waals surface area (Å²) in [7, 11) is 0. The Bertz CT molecular complexity index is 332. The molecule has 2 fully saturated rings. The highest BCUT2D eigenvalue weighted by Gasteiger charge is 2.28. The van der Waals surface area contributed by atoms with E-state index in [4.69, 9.17) is 0 Å². The van der Waals surface area contributed by atoms with Crippen LogP contribution in [0.1, 0.15) is 30.6 Å². The number of likely N-dealkylation sites (tertiary alicyclic amines) is 1. The van der Waals surface area contributed by atoms with Gasteiger partial charge in [-0.2, -0.15) is 0 Å². The molecule has 0 bridgehead atoms. The summed E-state index contributed by atoms with van der Waals surface area (Å²) in [5, 5.41) is 3.67. The molecule has 3 nitrogen and oxygen atoms in total. The van der Waals surface area contributed by atoms with Crippen LogP contribution in [0.3, 0.4) is 0 Å². The van der Waals surface area contributed by atoms with Crippen molar-refractivity contribution in [3.8, 4) is 0 Å². The molecule has 0 saturated carbocycles. The monoisotopic (exact) mass is 251 g/mol. The minimum Gasteiger partial charge on any atom is -0.314 e. The third kappa shape index (κ3) is 2.87. The number of nitrogens with one attached hydrogen (secondary N) is 1. The van der Waals surface area contributed by atoms with Crippen molar-refractivity contribution in [2.75, 3.05) is 19.6 Å². The highest BCUT2D eigenvalue weighted by molar-refractivity contribution is 7.09. The Morgan fingerprint density at radius 3 is 3.18 bits per heavy atom. The lowest BCUT2D eigenvalue weighted by Crippen LogP contribution is -2.43. The second-order valence-electron chi connectivity index (χ2n) is 5.31. The van der Waals surface area contributed by atoms with E-state index < -0.39 is 0 Å². The van der Waals surface area contributed by atoms with Crippen molar-refractivity contribution >= 4 is 11.3 Å². The molecule has 0 aliphatic carbocycles. The summed E-state index contributed by atoms with van der Waals surface area (Å²) in [6, 6.07) is 0.791. The Morgan fingerprint density at radius 1 is 1.41 bits per heavy atom. The number of hydrogen-bond donors (Lipinski definition) is 1. The maximum Gasteiger partial charge on any atom is 0.0794 e. The number of nitrogens with zero attached hydrogens (tertiary/aromatic N) is 2. The van der Waals surface area contributed by atoms with E-state index in [9.17, 15) is 0 Å². The number of piperidine rings is 1. The molecule has 17 heavy (non-hydrogen) atoms. The molecule has 0 radical (unpaired) electrons. The Labute approximate surface area is 107 Å². The molecule has 94 valence electrons. The van der Waals surface area contributed by atoms with E-state index >= 15 is 0 Å². The first-order chi connectivity index (χ1) is 8.42. The van der Waals surface area contributed by atoms with Crippen molar-refractivity contribution in [3.63, 3.8) is 0 Å². The quantitative estimate of drug-likeness (QED) is 0.892. The van der Waals surface area contributed by atoms with Crippen LogP contribution >= 0.6 is 11.3 Å². The van der Waals surface area contributed by atoms with Crippen molar-refractivity contribution in [1.82, 2.24) is 15.2 Å². The van der Waals surface area contributed by atoms with Crippen molar-refractivity contribution in [3.05, 3.63) is 16.6 Å². The van der Waals surface area contributed by atoms with Gasteiger partial charge in [-0.3, -0.25) is 9.88 Å². The molecule has 3 heterocycles. The Hall–Kier alpha value is -0.450. The SMILES string of the molecule is c1ncc(CN2CCCC(C3CCCN3)C2)s1. The minimum absolute atomic E-state index is 0.791.